The summed E-state index contributed by atoms with van der Waals surface area (Å²) in [6.07, 6.45) is 1.71. The third-order valence-electron chi connectivity index (χ3n) is 1.59. The number of anilines is 1. The third-order valence-corrected chi connectivity index (χ3v) is 2.01. The van der Waals surface area contributed by atoms with E-state index in [0.717, 1.165) is 11.4 Å². The van der Waals surface area contributed by atoms with Crippen LogP contribution in [0.1, 0.15) is 5.56 Å². The summed E-state index contributed by atoms with van der Waals surface area (Å²) in [5.74, 6) is 0.764. The molecule has 0 atom stereocenters. The summed E-state index contributed by atoms with van der Waals surface area (Å²) in [7, 11) is 3.79. The molecule has 2 N–H and O–H groups in total. The van der Waals surface area contributed by atoms with E-state index in [-0.39, 0.29) is 0 Å². The summed E-state index contributed by atoms with van der Waals surface area (Å²) in [6, 6.07) is 1.83. The lowest BCUT2D eigenvalue weighted by molar-refractivity contribution is 1.02. The second-order valence-corrected chi connectivity index (χ2v) is 3.08. The summed E-state index contributed by atoms with van der Waals surface area (Å²) < 4.78 is 0. The molecule has 0 amide bonds. The minimum atomic E-state index is 0.447. The Morgan fingerprint density at radius 2 is 2.25 bits per heavy atom. The van der Waals surface area contributed by atoms with Crippen molar-refractivity contribution in [3.63, 3.8) is 0 Å². The SMILES string of the molecule is CN(C)c1nccc(CN)c1Cl. The van der Waals surface area contributed by atoms with E-state index in [1.54, 1.807) is 6.20 Å². The van der Waals surface area contributed by atoms with E-state index in [2.05, 4.69) is 4.98 Å². The van der Waals surface area contributed by atoms with Crippen LogP contribution >= 0.6 is 11.6 Å². The second kappa shape index (κ2) is 3.74. The molecule has 0 unspecified atom stereocenters. The standard InChI is InChI=1S/C8H12ClN3/c1-12(2)8-7(9)6(5-10)3-4-11-8/h3-4H,5,10H2,1-2H3. The first-order valence-electron chi connectivity index (χ1n) is 3.67. The van der Waals surface area contributed by atoms with E-state index >= 15 is 0 Å². The molecule has 0 aromatic carbocycles. The molecule has 0 aliphatic heterocycles. The van der Waals surface area contributed by atoms with E-state index in [1.165, 1.54) is 0 Å². The summed E-state index contributed by atoms with van der Waals surface area (Å²) in [5.41, 5.74) is 6.42. The Kier molecular flexibility index (Phi) is 2.89. The lowest BCUT2D eigenvalue weighted by Crippen LogP contribution is -2.12. The minimum absolute atomic E-state index is 0.447. The zero-order chi connectivity index (χ0) is 9.14. The predicted octanol–water partition coefficient (Wildman–Crippen LogP) is 1.26. The van der Waals surface area contributed by atoms with Gasteiger partial charge in [0.2, 0.25) is 0 Å². The molecule has 0 saturated carbocycles. The Hall–Kier alpha value is -0.800. The molecule has 3 nitrogen and oxygen atoms in total. The van der Waals surface area contributed by atoms with E-state index in [4.69, 9.17) is 17.3 Å². The van der Waals surface area contributed by atoms with Crippen molar-refractivity contribution in [2.75, 3.05) is 19.0 Å². The van der Waals surface area contributed by atoms with Crippen molar-refractivity contribution in [1.29, 1.82) is 0 Å². The van der Waals surface area contributed by atoms with Crippen molar-refractivity contribution in [3.8, 4) is 0 Å². The number of hydrogen-bond donors (Lipinski definition) is 1. The average molecular weight is 186 g/mol. The minimum Gasteiger partial charge on any atom is -0.362 e. The highest BCUT2D eigenvalue weighted by atomic mass is 35.5. The fourth-order valence-corrected chi connectivity index (χ4v) is 1.30. The van der Waals surface area contributed by atoms with Crippen LogP contribution in [-0.4, -0.2) is 19.1 Å². The van der Waals surface area contributed by atoms with Gasteiger partial charge in [-0.25, -0.2) is 4.98 Å². The maximum absolute atomic E-state index is 6.02. The molecule has 1 rings (SSSR count). The molecule has 0 aliphatic rings. The van der Waals surface area contributed by atoms with Gasteiger partial charge in [-0.2, -0.15) is 0 Å². The van der Waals surface area contributed by atoms with Crippen LogP contribution < -0.4 is 10.6 Å². The predicted molar refractivity (Wildman–Crippen MR) is 51.5 cm³/mol. The van der Waals surface area contributed by atoms with Gasteiger partial charge < -0.3 is 10.6 Å². The largest absolute Gasteiger partial charge is 0.362 e. The van der Waals surface area contributed by atoms with Crippen molar-refractivity contribution >= 4 is 17.4 Å². The van der Waals surface area contributed by atoms with Crippen LogP contribution in [0, 0.1) is 0 Å². The average Bonchev–Trinajstić information content (AvgIpc) is 2.04. The highest BCUT2D eigenvalue weighted by molar-refractivity contribution is 6.33. The molecular weight excluding hydrogens is 174 g/mol. The highest BCUT2D eigenvalue weighted by Gasteiger charge is 2.06. The quantitative estimate of drug-likeness (QED) is 0.755. The first-order valence-corrected chi connectivity index (χ1v) is 4.05. The number of aromatic nitrogens is 1. The van der Waals surface area contributed by atoms with Gasteiger partial charge in [-0.05, 0) is 11.6 Å². The smallest absolute Gasteiger partial charge is 0.147 e. The van der Waals surface area contributed by atoms with Crippen LogP contribution in [-0.2, 0) is 6.54 Å². The van der Waals surface area contributed by atoms with Gasteiger partial charge in [-0.1, -0.05) is 11.6 Å². The van der Waals surface area contributed by atoms with Gasteiger partial charge in [-0.15, -0.1) is 0 Å². The maximum Gasteiger partial charge on any atom is 0.147 e. The van der Waals surface area contributed by atoms with Crippen LogP contribution in [0.2, 0.25) is 5.02 Å². The third kappa shape index (κ3) is 1.68. The fourth-order valence-electron chi connectivity index (χ4n) is 0.941. The van der Waals surface area contributed by atoms with Gasteiger partial charge in [0.05, 0.1) is 5.02 Å². The first-order chi connectivity index (χ1) is 5.66. The molecule has 0 spiro atoms. The Bertz CT molecular complexity index is 273. The van der Waals surface area contributed by atoms with E-state index < -0.39 is 0 Å². The van der Waals surface area contributed by atoms with Crippen molar-refractivity contribution in [3.05, 3.63) is 22.8 Å². The van der Waals surface area contributed by atoms with Gasteiger partial charge in [0.1, 0.15) is 5.82 Å². The normalized spacial score (nSPS) is 10.0. The van der Waals surface area contributed by atoms with Gasteiger partial charge >= 0.3 is 0 Å². The number of nitrogens with zero attached hydrogens (tertiary/aromatic N) is 2. The monoisotopic (exact) mass is 185 g/mol. The van der Waals surface area contributed by atoms with Crippen molar-refractivity contribution < 1.29 is 0 Å². The van der Waals surface area contributed by atoms with Crippen LogP contribution in [0.25, 0.3) is 0 Å². The molecule has 0 radical (unpaired) electrons. The number of nitrogens with two attached hydrogens (primary N) is 1. The fraction of sp³-hybridized carbons (Fsp3) is 0.375. The van der Waals surface area contributed by atoms with Gasteiger partial charge in [0.15, 0.2) is 0 Å². The van der Waals surface area contributed by atoms with Gasteiger partial charge in [0.25, 0.3) is 0 Å². The Balaban J connectivity index is 3.14. The molecule has 1 aromatic rings. The summed E-state index contributed by atoms with van der Waals surface area (Å²) in [4.78, 5) is 5.99. The Morgan fingerprint density at radius 1 is 1.58 bits per heavy atom. The molecule has 66 valence electrons. The lowest BCUT2D eigenvalue weighted by atomic mass is 10.2. The topological polar surface area (TPSA) is 42.2 Å². The van der Waals surface area contributed by atoms with E-state index in [1.807, 2.05) is 25.1 Å². The van der Waals surface area contributed by atoms with Crippen LogP contribution in [0.4, 0.5) is 5.82 Å². The lowest BCUT2D eigenvalue weighted by Gasteiger charge is -2.14. The van der Waals surface area contributed by atoms with Gasteiger partial charge in [-0.3, -0.25) is 0 Å². The zero-order valence-electron chi connectivity index (χ0n) is 7.21. The zero-order valence-corrected chi connectivity index (χ0v) is 7.97. The molecule has 4 heteroatoms. The van der Waals surface area contributed by atoms with Crippen LogP contribution in [0.5, 0.6) is 0 Å². The number of hydrogen-bond acceptors (Lipinski definition) is 3. The molecule has 0 saturated heterocycles. The highest BCUT2D eigenvalue weighted by Crippen LogP contribution is 2.24. The Labute approximate surface area is 77.1 Å². The summed E-state index contributed by atoms with van der Waals surface area (Å²) in [5, 5.41) is 0.644. The molecule has 0 fully saturated rings. The summed E-state index contributed by atoms with van der Waals surface area (Å²) >= 11 is 6.02. The number of pyridine rings is 1. The summed E-state index contributed by atoms with van der Waals surface area (Å²) in [6.45, 7) is 0.447. The molecular formula is C8H12ClN3. The first kappa shape index (κ1) is 9.29. The molecule has 12 heavy (non-hydrogen) atoms. The molecule has 0 aliphatic carbocycles. The van der Waals surface area contributed by atoms with Crippen LogP contribution in [0.15, 0.2) is 12.3 Å². The van der Waals surface area contributed by atoms with Gasteiger partial charge in [0, 0.05) is 26.8 Å². The van der Waals surface area contributed by atoms with Crippen molar-refractivity contribution in [1.82, 2.24) is 4.98 Å². The van der Waals surface area contributed by atoms with Crippen molar-refractivity contribution in [2.24, 2.45) is 5.73 Å². The number of rotatable bonds is 2. The van der Waals surface area contributed by atoms with Crippen molar-refractivity contribution in [2.45, 2.75) is 6.54 Å². The molecule has 1 heterocycles. The molecule has 1 aromatic heterocycles. The van der Waals surface area contributed by atoms with Crippen LogP contribution in [0.3, 0.4) is 0 Å². The Morgan fingerprint density at radius 3 is 2.75 bits per heavy atom. The number of halogens is 1. The molecule has 0 bridgehead atoms. The second-order valence-electron chi connectivity index (χ2n) is 2.71. The maximum atomic E-state index is 6.02. The van der Waals surface area contributed by atoms with E-state index in [0.29, 0.717) is 11.6 Å². The van der Waals surface area contributed by atoms with E-state index in [9.17, 15) is 0 Å².